The topological polar surface area (TPSA) is 75.7 Å². The summed E-state index contributed by atoms with van der Waals surface area (Å²) in [4.78, 5) is 9.79. The molecule has 24 heavy (non-hydrogen) atoms. The molecule has 5 heteroatoms. The summed E-state index contributed by atoms with van der Waals surface area (Å²) in [6.07, 6.45) is 5.26. The number of hydrogen-bond donors (Lipinski definition) is 2. The first-order valence-corrected chi connectivity index (χ1v) is 8.38. The second-order valence-electron chi connectivity index (χ2n) is 5.45. The summed E-state index contributed by atoms with van der Waals surface area (Å²) in [6, 6.07) is 11.5. The highest BCUT2D eigenvalue weighted by atomic mass is 32.1. The molecule has 2 heterocycles. The Morgan fingerprint density at radius 2 is 2.04 bits per heavy atom. The van der Waals surface area contributed by atoms with Crippen molar-refractivity contribution in [1.82, 2.24) is 9.97 Å². The van der Waals surface area contributed by atoms with Crippen LogP contribution < -0.4 is 5.73 Å². The van der Waals surface area contributed by atoms with E-state index in [2.05, 4.69) is 9.97 Å². The number of hydrogen-bond acceptors (Lipinski definition) is 5. The van der Waals surface area contributed by atoms with Gasteiger partial charge in [0.25, 0.3) is 0 Å². The summed E-state index contributed by atoms with van der Waals surface area (Å²) >= 11 is 1.66. The van der Waals surface area contributed by atoms with Crippen molar-refractivity contribution >= 4 is 28.8 Å². The van der Waals surface area contributed by atoms with E-state index in [-0.39, 0.29) is 0 Å². The molecule has 0 saturated heterocycles. The Hall–Kier alpha value is -2.79. The van der Waals surface area contributed by atoms with Crippen molar-refractivity contribution < 1.29 is 0 Å². The Bertz CT molecular complexity index is 910. The largest absolute Gasteiger partial charge is 0.398 e. The van der Waals surface area contributed by atoms with Crippen LogP contribution in [0.5, 0.6) is 0 Å². The number of aryl methyl sites for hydroxylation is 2. The Morgan fingerprint density at radius 1 is 1.21 bits per heavy atom. The van der Waals surface area contributed by atoms with E-state index in [9.17, 15) is 0 Å². The van der Waals surface area contributed by atoms with Crippen molar-refractivity contribution in [2.24, 2.45) is 0 Å². The smallest absolute Gasteiger partial charge is 0.0903 e. The first-order chi connectivity index (χ1) is 11.5. The number of nitrogens with zero attached hydrogens (tertiary/aromatic N) is 2. The zero-order chi connectivity index (χ0) is 17.1. The molecule has 0 aliphatic carbocycles. The van der Waals surface area contributed by atoms with Gasteiger partial charge in [0, 0.05) is 17.4 Å². The van der Waals surface area contributed by atoms with E-state index in [4.69, 9.17) is 11.1 Å². The third kappa shape index (κ3) is 3.41. The minimum absolute atomic E-state index is 0.363. The van der Waals surface area contributed by atoms with Gasteiger partial charge < -0.3 is 11.1 Å². The molecule has 0 aliphatic rings. The second-order valence-corrected chi connectivity index (χ2v) is 6.65. The summed E-state index contributed by atoms with van der Waals surface area (Å²) in [5.74, 6) is 0. The minimum Gasteiger partial charge on any atom is -0.398 e. The quantitative estimate of drug-likeness (QED) is 0.545. The van der Waals surface area contributed by atoms with Crippen LogP contribution in [-0.4, -0.2) is 15.7 Å². The second kappa shape index (κ2) is 6.76. The lowest BCUT2D eigenvalue weighted by atomic mass is 10.0. The van der Waals surface area contributed by atoms with Crippen LogP contribution in [0.25, 0.3) is 16.5 Å². The number of thiazole rings is 1. The highest BCUT2D eigenvalue weighted by Gasteiger charge is 2.10. The Morgan fingerprint density at radius 3 is 2.67 bits per heavy atom. The predicted octanol–water partition coefficient (Wildman–Crippen LogP) is 4.49. The molecule has 0 bridgehead atoms. The fourth-order valence-corrected chi connectivity index (χ4v) is 3.40. The predicted molar refractivity (Wildman–Crippen MR) is 102 cm³/mol. The van der Waals surface area contributed by atoms with Gasteiger partial charge in [-0.25, -0.2) is 4.98 Å². The molecular formula is C19H18N4S. The number of anilines is 1. The van der Waals surface area contributed by atoms with E-state index in [0.29, 0.717) is 17.0 Å². The maximum absolute atomic E-state index is 8.24. The molecule has 0 radical (unpaired) electrons. The van der Waals surface area contributed by atoms with Gasteiger partial charge in [-0.1, -0.05) is 18.2 Å². The molecular weight excluding hydrogens is 316 g/mol. The zero-order valence-electron chi connectivity index (χ0n) is 13.6. The van der Waals surface area contributed by atoms with Gasteiger partial charge >= 0.3 is 0 Å². The lowest BCUT2D eigenvalue weighted by Crippen LogP contribution is -2.01. The molecule has 0 saturated carbocycles. The summed E-state index contributed by atoms with van der Waals surface area (Å²) < 4.78 is 0. The average molecular weight is 334 g/mol. The van der Waals surface area contributed by atoms with Crippen LogP contribution in [0.4, 0.5) is 5.69 Å². The van der Waals surface area contributed by atoms with Crippen LogP contribution in [0.15, 0.2) is 48.7 Å². The number of nitrogens with two attached hydrogens (primary N) is 1. The van der Waals surface area contributed by atoms with E-state index in [0.717, 1.165) is 26.8 Å². The van der Waals surface area contributed by atoms with Crippen LogP contribution in [0, 0.1) is 19.3 Å². The highest BCUT2D eigenvalue weighted by Crippen LogP contribution is 2.31. The van der Waals surface area contributed by atoms with Crippen LogP contribution >= 0.6 is 11.3 Å². The molecule has 0 aliphatic heterocycles. The van der Waals surface area contributed by atoms with Gasteiger partial charge in [0.05, 0.1) is 27.0 Å². The standard InChI is InChI=1S/C19H18N4S/c1-12-19(24-13(2)23-12)14-6-8-16(18(21)11-14)17(20)9-7-15-5-3-4-10-22-15/h3-11,20H,21H2,1-2H3/b9-7+,20-17?. The number of nitrogens with one attached hydrogen (secondary N) is 1. The molecule has 0 atom stereocenters. The van der Waals surface area contributed by atoms with E-state index in [1.165, 1.54) is 0 Å². The van der Waals surface area contributed by atoms with Gasteiger partial charge in [0.2, 0.25) is 0 Å². The molecule has 0 fully saturated rings. The van der Waals surface area contributed by atoms with Crippen LogP contribution in [0.1, 0.15) is 22.0 Å². The number of pyridine rings is 1. The molecule has 120 valence electrons. The van der Waals surface area contributed by atoms with E-state index >= 15 is 0 Å². The monoisotopic (exact) mass is 334 g/mol. The Kier molecular flexibility index (Phi) is 4.53. The maximum atomic E-state index is 8.24. The lowest BCUT2D eigenvalue weighted by molar-refractivity contribution is 1.20. The molecule has 1 aromatic carbocycles. The van der Waals surface area contributed by atoms with Gasteiger partial charge in [-0.3, -0.25) is 4.98 Å². The van der Waals surface area contributed by atoms with Crippen molar-refractivity contribution in [3.63, 3.8) is 0 Å². The molecule has 3 aromatic rings. The van der Waals surface area contributed by atoms with E-state index in [1.54, 1.807) is 23.6 Å². The SMILES string of the molecule is Cc1nc(C)c(-c2ccc(C(=N)/C=C/c3ccccn3)c(N)c2)s1. The van der Waals surface area contributed by atoms with E-state index < -0.39 is 0 Å². The summed E-state index contributed by atoms with van der Waals surface area (Å²) in [6.45, 7) is 4.00. The molecule has 3 rings (SSSR count). The molecule has 0 amide bonds. The first kappa shape index (κ1) is 16.1. The third-order valence-corrected chi connectivity index (χ3v) is 4.74. The van der Waals surface area contributed by atoms with Gasteiger partial charge in [0.1, 0.15) is 0 Å². The molecule has 0 spiro atoms. The third-order valence-electron chi connectivity index (χ3n) is 3.62. The van der Waals surface area contributed by atoms with Gasteiger partial charge in [-0.15, -0.1) is 11.3 Å². The lowest BCUT2D eigenvalue weighted by Gasteiger charge is -2.07. The molecule has 2 aromatic heterocycles. The molecule has 0 unspecified atom stereocenters. The average Bonchev–Trinajstić information content (AvgIpc) is 2.92. The summed E-state index contributed by atoms with van der Waals surface area (Å²) in [5, 5.41) is 9.28. The molecule has 3 N–H and O–H groups in total. The minimum atomic E-state index is 0.363. The van der Waals surface area contributed by atoms with E-state index in [1.807, 2.05) is 56.3 Å². The van der Waals surface area contributed by atoms with Crippen LogP contribution in [0.2, 0.25) is 0 Å². The number of benzene rings is 1. The van der Waals surface area contributed by atoms with Crippen LogP contribution in [0.3, 0.4) is 0 Å². The number of aromatic nitrogens is 2. The van der Waals surface area contributed by atoms with Gasteiger partial charge in [-0.2, -0.15) is 0 Å². The van der Waals surface area contributed by atoms with Crippen molar-refractivity contribution in [2.75, 3.05) is 5.73 Å². The fraction of sp³-hybridized carbons (Fsp3) is 0.105. The van der Waals surface area contributed by atoms with Crippen molar-refractivity contribution in [1.29, 1.82) is 5.41 Å². The van der Waals surface area contributed by atoms with Crippen molar-refractivity contribution in [3.05, 3.63) is 70.6 Å². The number of nitrogen functional groups attached to an aromatic ring is 1. The fourth-order valence-electron chi connectivity index (χ4n) is 2.48. The summed E-state index contributed by atoms with van der Waals surface area (Å²) in [5.41, 5.74) is 10.7. The summed E-state index contributed by atoms with van der Waals surface area (Å²) in [7, 11) is 0. The van der Waals surface area contributed by atoms with Crippen molar-refractivity contribution in [3.8, 4) is 10.4 Å². The van der Waals surface area contributed by atoms with Gasteiger partial charge in [0.15, 0.2) is 0 Å². The Balaban J connectivity index is 1.86. The van der Waals surface area contributed by atoms with Crippen molar-refractivity contribution in [2.45, 2.75) is 13.8 Å². The molecule has 4 nitrogen and oxygen atoms in total. The van der Waals surface area contributed by atoms with Gasteiger partial charge in [-0.05, 0) is 49.8 Å². The first-order valence-electron chi connectivity index (χ1n) is 7.56. The zero-order valence-corrected chi connectivity index (χ0v) is 14.4. The Labute approximate surface area is 145 Å². The number of rotatable bonds is 4. The number of allylic oxidation sites excluding steroid dienone is 1. The highest BCUT2D eigenvalue weighted by molar-refractivity contribution is 7.15. The normalized spacial score (nSPS) is 11.1. The van der Waals surface area contributed by atoms with Crippen LogP contribution in [-0.2, 0) is 0 Å². The maximum Gasteiger partial charge on any atom is 0.0903 e.